The van der Waals surface area contributed by atoms with Gasteiger partial charge in [0.25, 0.3) is 0 Å². The molecule has 120 valence electrons. The van der Waals surface area contributed by atoms with Crippen LogP contribution in [0.5, 0.6) is 0 Å². The molecule has 0 saturated carbocycles. The number of carbonyl (C=O) groups excluding carboxylic acids is 2. The van der Waals surface area contributed by atoms with Crippen LogP contribution in [0.15, 0.2) is 12.2 Å². The van der Waals surface area contributed by atoms with E-state index < -0.39 is 36.3 Å². The van der Waals surface area contributed by atoms with E-state index >= 15 is 0 Å². The minimum Gasteiger partial charge on any atom is -0.460 e. The third-order valence-corrected chi connectivity index (χ3v) is 3.00. The minimum absolute atomic E-state index is 0.00680. The lowest BCUT2D eigenvalue weighted by molar-refractivity contribution is -0.189. The highest BCUT2D eigenvalue weighted by Crippen LogP contribution is 2.17. The Morgan fingerprint density at radius 1 is 1.33 bits per heavy atom. The SMILES string of the molecule is C=C(C)C(=O)OCCNC(=O)CC1OCC(O)C(O)C1O. The molecule has 4 atom stereocenters. The number of rotatable bonds is 6. The summed E-state index contributed by atoms with van der Waals surface area (Å²) in [5, 5.41) is 30.9. The predicted molar refractivity (Wildman–Crippen MR) is 71.2 cm³/mol. The van der Waals surface area contributed by atoms with Crippen LogP contribution >= 0.6 is 0 Å². The van der Waals surface area contributed by atoms with Gasteiger partial charge in [0.05, 0.1) is 25.7 Å². The van der Waals surface area contributed by atoms with Crippen molar-refractivity contribution in [2.45, 2.75) is 37.8 Å². The molecule has 1 aliphatic rings. The average Bonchev–Trinajstić information content (AvgIpc) is 2.44. The van der Waals surface area contributed by atoms with Gasteiger partial charge in [0.1, 0.15) is 24.9 Å². The Kier molecular flexibility index (Phi) is 6.76. The van der Waals surface area contributed by atoms with Crippen LogP contribution in [0.4, 0.5) is 0 Å². The topological polar surface area (TPSA) is 125 Å². The first-order valence-corrected chi connectivity index (χ1v) is 6.58. The lowest BCUT2D eigenvalue weighted by atomic mass is 9.98. The summed E-state index contributed by atoms with van der Waals surface area (Å²) in [6, 6.07) is 0. The summed E-state index contributed by atoms with van der Waals surface area (Å²) < 4.78 is 9.89. The molecule has 1 amide bonds. The van der Waals surface area contributed by atoms with Crippen molar-refractivity contribution in [3.05, 3.63) is 12.2 Å². The first kappa shape index (κ1) is 17.6. The Hall–Kier alpha value is -1.48. The third-order valence-electron chi connectivity index (χ3n) is 3.00. The van der Waals surface area contributed by atoms with E-state index in [1.165, 1.54) is 6.92 Å². The van der Waals surface area contributed by atoms with Crippen molar-refractivity contribution < 1.29 is 34.4 Å². The van der Waals surface area contributed by atoms with Gasteiger partial charge in [-0.25, -0.2) is 4.79 Å². The van der Waals surface area contributed by atoms with Crippen molar-refractivity contribution in [3.8, 4) is 0 Å². The maximum Gasteiger partial charge on any atom is 0.333 e. The van der Waals surface area contributed by atoms with Gasteiger partial charge >= 0.3 is 5.97 Å². The zero-order chi connectivity index (χ0) is 16.0. The molecule has 8 heteroatoms. The fraction of sp³-hybridized carbons (Fsp3) is 0.692. The normalized spacial score (nSPS) is 28.8. The summed E-state index contributed by atoms with van der Waals surface area (Å²) in [5.74, 6) is -0.957. The number of amides is 1. The summed E-state index contributed by atoms with van der Waals surface area (Å²) >= 11 is 0. The molecule has 1 heterocycles. The Morgan fingerprint density at radius 3 is 2.62 bits per heavy atom. The van der Waals surface area contributed by atoms with Crippen molar-refractivity contribution >= 4 is 11.9 Å². The zero-order valence-electron chi connectivity index (χ0n) is 11.8. The Morgan fingerprint density at radius 2 is 2.00 bits per heavy atom. The predicted octanol–water partition coefficient (Wildman–Crippen LogP) is -1.91. The molecule has 8 nitrogen and oxygen atoms in total. The lowest BCUT2D eigenvalue weighted by Gasteiger charge is -2.34. The molecule has 0 radical (unpaired) electrons. The summed E-state index contributed by atoms with van der Waals surface area (Å²) in [6.45, 7) is 4.91. The molecule has 1 saturated heterocycles. The summed E-state index contributed by atoms with van der Waals surface area (Å²) in [5.41, 5.74) is 0.271. The minimum atomic E-state index is -1.34. The molecule has 21 heavy (non-hydrogen) atoms. The number of aliphatic hydroxyl groups is 3. The second-order valence-corrected chi connectivity index (χ2v) is 4.89. The Labute approximate surface area is 122 Å². The highest BCUT2D eigenvalue weighted by Gasteiger charge is 2.38. The largest absolute Gasteiger partial charge is 0.460 e. The molecule has 1 fully saturated rings. The van der Waals surface area contributed by atoms with E-state index in [2.05, 4.69) is 11.9 Å². The van der Waals surface area contributed by atoms with E-state index in [0.717, 1.165) is 0 Å². The Bertz CT molecular complexity index is 398. The van der Waals surface area contributed by atoms with Crippen LogP contribution in [0.3, 0.4) is 0 Å². The lowest BCUT2D eigenvalue weighted by Crippen LogP contribution is -2.54. The first-order chi connectivity index (χ1) is 9.82. The van der Waals surface area contributed by atoms with Crippen molar-refractivity contribution in [2.24, 2.45) is 0 Å². The van der Waals surface area contributed by atoms with Gasteiger partial charge in [-0.1, -0.05) is 6.58 Å². The van der Waals surface area contributed by atoms with Crippen molar-refractivity contribution in [1.82, 2.24) is 5.32 Å². The third kappa shape index (κ3) is 5.43. The standard InChI is InChI=1S/C13H21NO7/c1-7(2)13(19)20-4-3-14-10(16)5-9-12(18)11(17)8(15)6-21-9/h8-9,11-12,15,17-18H,1,3-6H2,2H3,(H,14,16). The molecule has 0 aromatic rings. The van der Waals surface area contributed by atoms with Crippen molar-refractivity contribution in [3.63, 3.8) is 0 Å². The van der Waals surface area contributed by atoms with E-state index in [0.29, 0.717) is 0 Å². The number of esters is 1. The summed E-state index contributed by atoms with van der Waals surface area (Å²) in [4.78, 5) is 22.7. The smallest absolute Gasteiger partial charge is 0.333 e. The fourth-order valence-corrected chi connectivity index (χ4v) is 1.76. The maximum absolute atomic E-state index is 11.6. The van der Waals surface area contributed by atoms with Gasteiger partial charge in [-0.05, 0) is 6.92 Å². The molecular weight excluding hydrogens is 282 g/mol. The summed E-state index contributed by atoms with van der Waals surface area (Å²) in [6.07, 6.45) is -4.89. The van der Waals surface area contributed by atoms with Gasteiger partial charge in [-0.15, -0.1) is 0 Å². The molecule has 0 spiro atoms. The van der Waals surface area contributed by atoms with Crippen molar-refractivity contribution in [2.75, 3.05) is 19.8 Å². The van der Waals surface area contributed by atoms with E-state index in [9.17, 15) is 24.9 Å². The van der Waals surface area contributed by atoms with Crippen LogP contribution in [0.25, 0.3) is 0 Å². The second-order valence-electron chi connectivity index (χ2n) is 4.89. The number of ether oxygens (including phenoxy) is 2. The maximum atomic E-state index is 11.6. The van der Waals surface area contributed by atoms with Crippen LogP contribution in [-0.4, -0.2) is 71.4 Å². The number of hydrogen-bond acceptors (Lipinski definition) is 7. The van der Waals surface area contributed by atoms with Crippen LogP contribution in [0.1, 0.15) is 13.3 Å². The second kappa shape index (κ2) is 8.08. The molecule has 1 rings (SSSR count). The average molecular weight is 303 g/mol. The number of carbonyl (C=O) groups is 2. The van der Waals surface area contributed by atoms with Crippen LogP contribution in [-0.2, 0) is 19.1 Å². The van der Waals surface area contributed by atoms with Gasteiger partial charge in [-0.3, -0.25) is 4.79 Å². The highest BCUT2D eigenvalue weighted by molar-refractivity contribution is 5.86. The van der Waals surface area contributed by atoms with Gasteiger partial charge in [0, 0.05) is 5.57 Å². The molecule has 0 bridgehead atoms. The van der Waals surface area contributed by atoms with E-state index in [1.54, 1.807) is 0 Å². The molecular formula is C13H21NO7. The fourth-order valence-electron chi connectivity index (χ4n) is 1.76. The molecule has 0 aliphatic carbocycles. The van der Waals surface area contributed by atoms with Crippen LogP contribution in [0.2, 0.25) is 0 Å². The number of nitrogens with one attached hydrogen (secondary N) is 1. The Balaban J connectivity index is 2.25. The van der Waals surface area contributed by atoms with Crippen LogP contribution < -0.4 is 5.32 Å². The van der Waals surface area contributed by atoms with E-state index in [-0.39, 0.29) is 31.8 Å². The quantitative estimate of drug-likeness (QED) is 0.256. The molecule has 0 aromatic carbocycles. The van der Waals surface area contributed by atoms with Gasteiger partial charge < -0.3 is 30.1 Å². The van der Waals surface area contributed by atoms with Gasteiger partial charge in [0.2, 0.25) is 5.91 Å². The molecule has 1 aliphatic heterocycles. The number of hydrogen-bond donors (Lipinski definition) is 4. The van der Waals surface area contributed by atoms with E-state index in [1.807, 2.05) is 0 Å². The number of aliphatic hydroxyl groups excluding tert-OH is 3. The van der Waals surface area contributed by atoms with Crippen molar-refractivity contribution in [1.29, 1.82) is 0 Å². The van der Waals surface area contributed by atoms with E-state index in [4.69, 9.17) is 9.47 Å². The molecule has 4 unspecified atom stereocenters. The molecule has 4 N–H and O–H groups in total. The zero-order valence-corrected chi connectivity index (χ0v) is 11.8. The van der Waals surface area contributed by atoms with Gasteiger partial charge in [0.15, 0.2) is 0 Å². The molecule has 0 aromatic heterocycles. The van der Waals surface area contributed by atoms with Gasteiger partial charge in [-0.2, -0.15) is 0 Å². The summed E-state index contributed by atoms with van der Waals surface area (Å²) in [7, 11) is 0. The monoisotopic (exact) mass is 303 g/mol. The van der Waals surface area contributed by atoms with Crippen LogP contribution in [0, 0.1) is 0 Å². The highest BCUT2D eigenvalue weighted by atomic mass is 16.5. The first-order valence-electron chi connectivity index (χ1n) is 6.58.